The largest absolute Gasteiger partial charge is 0.331 e. The predicted octanol–water partition coefficient (Wildman–Crippen LogP) is 2.13. The summed E-state index contributed by atoms with van der Waals surface area (Å²) in [5.74, 6) is 0.726. The van der Waals surface area contributed by atoms with E-state index in [2.05, 4.69) is 35.6 Å². The number of nitrogens with zero attached hydrogens (tertiary/aromatic N) is 2. The molecule has 78 valence electrons. The Morgan fingerprint density at radius 3 is 2.93 bits per heavy atom. The SMILES string of the molecule is CC1CCNC1c1cncn1C(C)C. The summed E-state index contributed by atoms with van der Waals surface area (Å²) in [5, 5.41) is 3.54. The van der Waals surface area contributed by atoms with Crippen LogP contribution in [0.5, 0.6) is 0 Å². The molecular formula is C11H19N3. The molecule has 1 aromatic heterocycles. The van der Waals surface area contributed by atoms with Crippen molar-refractivity contribution in [2.24, 2.45) is 5.92 Å². The van der Waals surface area contributed by atoms with E-state index in [1.165, 1.54) is 12.1 Å². The van der Waals surface area contributed by atoms with Crippen LogP contribution in [-0.4, -0.2) is 16.1 Å². The second-order valence-corrected chi connectivity index (χ2v) is 4.52. The Balaban J connectivity index is 2.26. The summed E-state index contributed by atoms with van der Waals surface area (Å²) in [5.41, 5.74) is 1.34. The zero-order chi connectivity index (χ0) is 10.1. The van der Waals surface area contributed by atoms with E-state index < -0.39 is 0 Å². The van der Waals surface area contributed by atoms with Gasteiger partial charge in [0.2, 0.25) is 0 Å². The van der Waals surface area contributed by atoms with Crippen molar-refractivity contribution in [3.05, 3.63) is 18.2 Å². The van der Waals surface area contributed by atoms with Crippen molar-refractivity contribution in [3.63, 3.8) is 0 Å². The van der Waals surface area contributed by atoms with Gasteiger partial charge in [-0.25, -0.2) is 4.98 Å². The lowest BCUT2D eigenvalue weighted by atomic mass is 10.0. The van der Waals surface area contributed by atoms with Crippen LogP contribution in [0.15, 0.2) is 12.5 Å². The van der Waals surface area contributed by atoms with Crippen molar-refractivity contribution < 1.29 is 0 Å². The molecule has 2 atom stereocenters. The average molecular weight is 193 g/mol. The van der Waals surface area contributed by atoms with Gasteiger partial charge in [0.05, 0.1) is 18.1 Å². The summed E-state index contributed by atoms with van der Waals surface area (Å²) in [7, 11) is 0. The zero-order valence-electron chi connectivity index (χ0n) is 9.20. The Kier molecular flexibility index (Phi) is 2.59. The molecular weight excluding hydrogens is 174 g/mol. The summed E-state index contributed by atoms with van der Waals surface area (Å²) in [6.07, 6.45) is 5.21. The van der Waals surface area contributed by atoms with E-state index >= 15 is 0 Å². The number of hydrogen-bond donors (Lipinski definition) is 1. The molecule has 0 aliphatic carbocycles. The van der Waals surface area contributed by atoms with Gasteiger partial charge in [-0.1, -0.05) is 6.92 Å². The van der Waals surface area contributed by atoms with Crippen LogP contribution in [0, 0.1) is 5.92 Å². The van der Waals surface area contributed by atoms with Crippen molar-refractivity contribution >= 4 is 0 Å². The number of nitrogens with one attached hydrogen (secondary N) is 1. The third kappa shape index (κ3) is 1.57. The van der Waals surface area contributed by atoms with Gasteiger partial charge in [0.25, 0.3) is 0 Å². The van der Waals surface area contributed by atoms with Gasteiger partial charge in [0, 0.05) is 12.2 Å². The predicted molar refractivity (Wildman–Crippen MR) is 57.1 cm³/mol. The van der Waals surface area contributed by atoms with Gasteiger partial charge in [0.15, 0.2) is 0 Å². The van der Waals surface area contributed by atoms with E-state index in [9.17, 15) is 0 Å². The molecule has 14 heavy (non-hydrogen) atoms. The molecule has 2 unspecified atom stereocenters. The van der Waals surface area contributed by atoms with Gasteiger partial charge in [-0.15, -0.1) is 0 Å². The molecule has 0 aromatic carbocycles. The minimum atomic E-state index is 0.500. The lowest BCUT2D eigenvalue weighted by Gasteiger charge is -2.19. The summed E-state index contributed by atoms with van der Waals surface area (Å²) in [6.45, 7) is 7.84. The van der Waals surface area contributed by atoms with Crippen LogP contribution in [0.2, 0.25) is 0 Å². The van der Waals surface area contributed by atoms with Gasteiger partial charge in [0.1, 0.15) is 0 Å². The fraction of sp³-hybridized carbons (Fsp3) is 0.727. The van der Waals surface area contributed by atoms with Crippen LogP contribution in [0.3, 0.4) is 0 Å². The van der Waals surface area contributed by atoms with E-state index in [4.69, 9.17) is 0 Å². The molecule has 3 nitrogen and oxygen atoms in total. The minimum Gasteiger partial charge on any atom is -0.331 e. The van der Waals surface area contributed by atoms with E-state index in [-0.39, 0.29) is 0 Å². The quantitative estimate of drug-likeness (QED) is 0.779. The van der Waals surface area contributed by atoms with Crippen LogP contribution < -0.4 is 5.32 Å². The van der Waals surface area contributed by atoms with Crippen molar-refractivity contribution in [1.29, 1.82) is 0 Å². The van der Waals surface area contributed by atoms with Gasteiger partial charge in [-0.05, 0) is 32.7 Å². The Bertz CT molecular complexity index is 303. The summed E-state index contributed by atoms with van der Waals surface area (Å²) in [4.78, 5) is 4.25. The molecule has 2 heterocycles. The normalized spacial score (nSPS) is 27.4. The zero-order valence-corrected chi connectivity index (χ0v) is 9.20. The molecule has 1 aliphatic rings. The lowest BCUT2D eigenvalue weighted by molar-refractivity contribution is 0.451. The third-order valence-corrected chi connectivity index (χ3v) is 3.10. The second-order valence-electron chi connectivity index (χ2n) is 4.52. The molecule has 1 aliphatic heterocycles. The lowest BCUT2D eigenvalue weighted by Crippen LogP contribution is -2.20. The van der Waals surface area contributed by atoms with Gasteiger partial charge >= 0.3 is 0 Å². The van der Waals surface area contributed by atoms with Gasteiger partial charge in [-0.3, -0.25) is 0 Å². The number of imidazole rings is 1. The van der Waals surface area contributed by atoms with E-state index in [0.29, 0.717) is 12.1 Å². The summed E-state index contributed by atoms with van der Waals surface area (Å²) < 4.78 is 2.26. The smallest absolute Gasteiger partial charge is 0.0951 e. The fourth-order valence-corrected chi connectivity index (χ4v) is 2.22. The molecule has 0 radical (unpaired) electrons. The maximum Gasteiger partial charge on any atom is 0.0951 e. The minimum absolute atomic E-state index is 0.500. The standard InChI is InChI=1S/C11H19N3/c1-8(2)14-7-12-6-10(14)11-9(3)4-5-13-11/h6-9,11,13H,4-5H2,1-3H3. The van der Waals surface area contributed by atoms with Crippen LogP contribution in [0.1, 0.15) is 45.0 Å². The van der Waals surface area contributed by atoms with Crippen molar-refractivity contribution in [2.45, 2.75) is 39.3 Å². The number of hydrogen-bond acceptors (Lipinski definition) is 2. The van der Waals surface area contributed by atoms with Crippen molar-refractivity contribution in [1.82, 2.24) is 14.9 Å². The third-order valence-electron chi connectivity index (χ3n) is 3.10. The second kappa shape index (κ2) is 3.73. The highest BCUT2D eigenvalue weighted by atomic mass is 15.1. The Labute approximate surface area is 85.5 Å². The Morgan fingerprint density at radius 2 is 2.36 bits per heavy atom. The molecule has 0 amide bonds. The molecule has 0 spiro atoms. The number of aromatic nitrogens is 2. The van der Waals surface area contributed by atoms with Crippen LogP contribution >= 0.6 is 0 Å². The molecule has 0 saturated carbocycles. The van der Waals surface area contributed by atoms with Crippen molar-refractivity contribution in [3.8, 4) is 0 Å². The number of rotatable bonds is 2. The van der Waals surface area contributed by atoms with Gasteiger partial charge < -0.3 is 9.88 Å². The highest BCUT2D eigenvalue weighted by Gasteiger charge is 2.27. The molecule has 1 N–H and O–H groups in total. The molecule has 1 aromatic rings. The summed E-state index contributed by atoms with van der Waals surface area (Å²) in [6, 6.07) is 1.00. The van der Waals surface area contributed by atoms with Crippen LogP contribution in [0.4, 0.5) is 0 Å². The molecule has 0 bridgehead atoms. The highest BCUT2D eigenvalue weighted by Crippen LogP contribution is 2.29. The first kappa shape index (κ1) is 9.71. The maximum atomic E-state index is 4.25. The first-order valence-electron chi connectivity index (χ1n) is 5.45. The Morgan fingerprint density at radius 1 is 1.57 bits per heavy atom. The van der Waals surface area contributed by atoms with Crippen LogP contribution in [0.25, 0.3) is 0 Å². The first-order valence-corrected chi connectivity index (χ1v) is 5.45. The monoisotopic (exact) mass is 193 g/mol. The summed E-state index contributed by atoms with van der Waals surface area (Å²) >= 11 is 0. The highest BCUT2D eigenvalue weighted by molar-refractivity contribution is 5.09. The first-order chi connectivity index (χ1) is 6.70. The molecule has 2 rings (SSSR count). The Hall–Kier alpha value is -0.830. The van der Waals surface area contributed by atoms with Crippen molar-refractivity contribution in [2.75, 3.05) is 6.54 Å². The van der Waals surface area contributed by atoms with E-state index in [0.717, 1.165) is 12.5 Å². The van der Waals surface area contributed by atoms with Gasteiger partial charge in [-0.2, -0.15) is 0 Å². The average Bonchev–Trinajstić information content (AvgIpc) is 2.70. The topological polar surface area (TPSA) is 29.9 Å². The molecule has 1 saturated heterocycles. The maximum absolute atomic E-state index is 4.25. The van der Waals surface area contributed by atoms with Crippen LogP contribution in [-0.2, 0) is 0 Å². The molecule has 1 fully saturated rings. The van der Waals surface area contributed by atoms with E-state index in [1.54, 1.807) is 0 Å². The van der Waals surface area contributed by atoms with E-state index in [1.807, 2.05) is 12.5 Å². The molecule has 3 heteroatoms. The fourth-order valence-electron chi connectivity index (χ4n) is 2.22.